The van der Waals surface area contributed by atoms with Gasteiger partial charge in [0.1, 0.15) is 10.8 Å². The minimum Gasteiger partial charge on any atom is -0.370 e. The molecule has 0 amide bonds. The minimum atomic E-state index is 0.852. The molecule has 0 aliphatic heterocycles. The molecule has 102 valence electrons. The van der Waals surface area contributed by atoms with Crippen molar-refractivity contribution in [1.82, 2.24) is 19.7 Å². The Morgan fingerprint density at radius 1 is 1.37 bits per heavy atom. The van der Waals surface area contributed by atoms with E-state index in [0.29, 0.717) is 0 Å². The zero-order chi connectivity index (χ0) is 13.7. The van der Waals surface area contributed by atoms with Crippen LogP contribution in [0.25, 0.3) is 0 Å². The number of nitrogens with one attached hydrogen (secondary N) is 1. The monoisotopic (exact) mass is 277 g/mol. The van der Waals surface area contributed by atoms with E-state index in [-0.39, 0.29) is 0 Å². The Hall–Kier alpha value is -1.56. The molecule has 0 aromatic carbocycles. The van der Waals surface area contributed by atoms with Gasteiger partial charge in [0, 0.05) is 37.3 Å². The molecule has 0 aliphatic rings. The number of anilines is 1. The lowest BCUT2D eigenvalue weighted by atomic mass is 10.2. The van der Waals surface area contributed by atoms with Crippen LogP contribution in [0.2, 0.25) is 0 Å². The fourth-order valence-electron chi connectivity index (χ4n) is 1.85. The van der Waals surface area contributed by atoms with Gasteiger partial charge in [0.2, 0.25) is 0 Å². The summed E-state index contributed by atoms with van der Waals surface area (Å²) in [7, 11) is 1.97. The summed E-state index contributed by atoms with van der Waals surface area (Å²) in [6, 6.07) is 0. The Morgan fingerprint density at radius 2 is 2.21 bits per heavy atom. The van der Waals surface area contributed by atoms with Gasteiger partial charge in [-0.3, -0.25) is 9.67 Å². The molecule has 2 heterocycles. The standard InChI is InChI=1S/C13H19N5S/c1-4-5-16-13-11(10(2)17-18(13)3)9-19-12-8-14-6-7-15-12/h6-8,16H,4-5,9H2,1-3H3. The molecule has 0 saturated carbocycles. The zero-order valence-electron chi connectivity index (χ0n) is 11.6. The van der Waals surface area contributed by atoms with Crippen LogP contribution in [0.1, 0.15) is 24.6 Å². The topological polar surface area (TPSA) is 55.6 Å². The van der Waals surface area contributed by atoms with Crippen molar-refractivity contribution in [2.75, 3.05) is 11.9 Å². The normalized spacial score (nSPS) is 10.7. The van der Waals surface area contributed by atoms with Gasteiger partial charge in [-0.25, -0.2) is 4.98 Å². The van der Waals surface area contributed by atoms with E-state index in [0.717, 1.165) is 35.3 Å². The molecule has 19 heavy (non-hydrogen) atoms. The van der Waals surface area contributed by atoms with Gasteiger partial charge in [0.15, 0.2) is 0 Å². The van der Waals surface area contributed by atoms with E-state index in [9.17, 15) is 0 Å². The molecule has 5 nitrogen and oxygen atoms in total. The Morgan fingerprint density at radius 3 is 2.89 bits per heavy atom. The van der Waals surface area contributed by atoms with Crippen LogP contribution in [-0.2, 0) is 12.8 Å². The molecular formula is C13H19N5S. The van der Waals surface area contributed by atoms with E-state index in [1.807, 2.05) is 18.7 Å². The highest BCUT2D eigenvalue weighted by Gasteiger charge is 2.13. The lowest BCUT2D eigenvalue weighted by Gasteiger charge is -2.08. The van der Waals surface area contributed by atoms with Gasteiger partial charge < -0.3 is 5.32 Å². The Kier molecular flexibility index (Phi) is 4.79. The summed E-state index contributed by atoms with van der Waals surface area (Å²) in [5, 5.41) is 8.86. The predicted molar refractivity (Wildman–Crippen MR) is 78.3 cm³/mol. The third kappa shape index (κ3) is 3.47. The second-order valence-electron chi connectivity index (χ2n) is 4.30. The number of hydrogen-bond acceptors (Lipinski definition) is 5. The molecule has 0 fully saturated rings. The highest BCUT2D eigenvalue weighted by molar-refractivity contribution is 7.98. The smallest absolute Gasteiger partial charge is 0.128 e. The first-order valence-electron chi connectivity index (χ1n) is 6.37. The average molecular weight is 277 g/mol. The maximum Gasteiger partial charge on any atom is 0.128 e. The maximum absolute atomic E-state index is 4.48. The highest BCUT2D eigenvalue weighted by Crippen LogP contribution is 2.27. The van der Waals surface area contributed by atoms with Crippen LogP contribution in [0, 0.1) is 6.92 Å². The van der Waals surface area contributed by atoms with Gasteiger partial charge in [-0.05, 0) is 13.3 Å². The SMILES string of the molecule is CCCNc1c(CSc2cnccn2)c(C)nn1C. The quantitative estimate of drug-likeness (QED) is 0.823. The molecule has 1 N–H and O–H groups in total. The van der Waals surface area contributed by atoms with Gasteiger partial charge in [0.25, 0.3) is 0 Å². The molecule has 0 radical (unpaired) electrons. The second kappa shape index (κ2) is 6.56. The Labute approximate surface area is 117 Å². The van der Waals surface area contributed by atoms with Gasteiger partial charge in [-0.15, -0.1) is 0 Å². The third-order valence-corrected chi connectivity index (χ3v) is 3.73. The van der Waals surface area contributed by atoms with E-state index in [2.05, 4.69) is 27.3 Å². The molecule has 6 heteroatoms. The summed E-state index contributed by atoms with van der Waals surface area (Å²) in [4.78, 5) is 8.35. The van der Waals surface area contributed by atoms with Crippen molar-refractivity contribution >= 4 is 17.6 Å². The van der Waals surface area contributed by atoms with Crippen molar-refractivity contribution in [3.8, 4) is 0 Å². The summed E-state index contributed by atoms with van der Waals surface area (Å²) >= 11 is 1.68. The van der Waals surface area contributed by atoms with Crippen LogP contribution >= 0.6 is 11.8 Å². The number of rotatable bonds is 6. The van der Waals surface area contributed by atoms with Crippen LogP contribution in [0.15, 0.2) is 23.6 Å². The van der Waals surface area contributed by atoms with Crippen molar-refractivity contribution in [3.05, 3.63) is 29.8 Å². The molecular weight excluding hydrogens is 258 g/mol. The van der Waals surface area contributed by atoms with Gasteiger partial charge in [-0.2, -0.15) is 5.10 Å². The molecule has 0 saturated heterocycles. The molecule has 0 spiro atoms. The van der Waals surface area contributed by atoms with Crippen molar-refractivity contribution in [2.45, 2.75) is 31.0 Å². The van der Waals surface area contributed by atoms with Gasteiger partial charge in [-0.1, -0.05) is 18.7 Å². The van der Waals surface area contributed by atoms with Crippen molar-refractivity contribution in [3.63, 3.8) is 0 Å². The lowest BCUT2D eigenvalue weighted by molar-refractivity contribution is 0.756. The highest BCUT2D eigenvalue weighted by atomic mass is 32.2. The number of aromatic nitrogens is 4. The summed E-state index contributed by atoms with van der Waals surface area (Å²) in [6.45, 7) is 5.16. The second-order valence-corrected chi connectivity index (χ2v) is 5.29. The maximum atomic E-state index is 4.48. The summed E-state index contributed by atoms with van der Waals surface area (Å²) in [6.07, 6.45) is 6.29. The fraction of sp³-hybridized carbons (Fsp3) is 0.462. The molecule has 0 bridgehead atoms. The van der Waals surface area contributed by atoms with Crippen LogP contribution in [-0.4, -0.2) is 26.3 Å². The summed E-state index contributed by atoms with van der Waals surface area (Å²) < 4.78 is 1.91. The molecule has 2 rings (SSSR count). The molecule has 0 aliphatic carbocycles. The van der Waals surface area contributed by atoms with Crippen molar-refractivity contribution < 1.29 is 0 Å². The lowest BCUT2D eigenvalue weighted by Crippen LogP contribution is -2.06. The molecule has 2 aromatic heterocycles. The van der Waals surface area contributed by atoms with Gasteiger partial charge >= 0.3 is 0 Å². The predicted octanol–water partition coefficient (Wildman–Crippen LogP) is 2.63. The number of aryl methyl sites for hydroxylation is 2. The molecule has 0 atom stereocenters. The number of nitrogens with zero attached hydrogens (tertiary/aromatic N) is 4. The fourth-order valence-corrected chi connectivity index (χ4v) is 2.75. The van der Waals surface area contributed by atoms with Crippen LogP contribution in [0.5, 0.6) is 0 Å². The van der Waals surface area contributed by atoms with Crippen LogP contribution in [0.4, 0.5) is 5.82 Å². The van der Waals surface area contributed by atoms with E-state index < -0.39 is 0 Å². The van der Waals surface area contributed by atoms with Crippen LogP contribution < -0.4 is 5.32 Å². The minimum absolute atomic E-state index is 0.852. The summed E-state index contributed by atoms with van der Waals surface area (Å²) in [5.41, 5.74) is 2.31. The van der Waals surface area contributed by atoms with E-state index in [1.54, 1.807) is 30.4 Å². The first kappa shape index (κ1) is 13.9. The molecule has 0 unspecified atom stereocenters. The first-order valence-corrected chi connectivity index (χ1v) is 7.36. The largest absolute Gasteiger partial charge is 0.370 e. The first-order chi connectivity index (χ1) is 9.22. The Bertz CT molecular complexity index is 523. The van der Waals surface area contributed by atoms with E-state index >= 15 is 0 Å². The molecule has 2 aromatic rings. The summed E-state index contributed by atoms with van der Waals surface area (Å²) in [5.74, 6) is 1.96. The number of thioether (sulfide) groups is 1. The average Bonchev–Trinajstić information content (AvgIpc) is 2.69. The van der Waals surface area contributed by atoms with Crippen molar-refractivity contribution in [1.29, 1.82) is 0 Å². The van der Waals surface area contributed by atoms with E-state index in [1.165, 1.54) is 5.56 Å². The number of hydrogen-bond donors (Lipinski definition) is 1. The van der Waals surface area contributed by atoms with Crippen molar-refractivity contribution in [2.24, 2.45) is 7.05 Å². The Balaban J connectivity index is 2.10. The van der Waals surface area contributed by atoms with Crippen LogP contribution in [0.3, 0.4) is 0 Å². The van der Waals surface area contributed by atoms with Gasteiger partial charge in [0.05, 0.1) is 11.9 Å². The zero-order valence-corrected chi connectivity index (χ0v) is 12.4. The van der Waals surface area contributed by atoms with E-state index in [4.69, 9.17) is 0 Å². The third-order valence-electron chi connectivity index (χ3n) is 2.79.